The molecule has 1 heterocycles. The third-order valence-corrected chi connectivity index (χ3v) is 4.94. The van der Waals surface area contributed by atoms with E-state index in [0.29, 0.717) is 5.92 Å². The lowest BCUT2D eigenvalue weighted by atomic mass is 9.99. The Hall–Kier alpha value is -1.12. The molecule has 2 N–H and O–H groups in total. The first-order valence-corrected chi connectivity index (χ1v) is 7.70. The second-order valence-corrected chi connectivity index (χ2v) is 6.88. The zero-order chi connectivity index (χ0) is 14.0. The van der Waals surface area contributed by atoms with Crippen LogP contribution in [0.25, 0.3) is 0 Å². The van der Waals surface area contributed by atoms with Gasteiger partial charge in [-0.3, -0.25) is 0 Å². The van der Waals surface area contributed by atoms with Crippen LogP contribution in [0.15, 0.2) is 30.3 Å². The van der Waals surface area contributed by atoms with Crippen LogP contribution in [0.5, 0.6) is 0 Å². The van der Waals surface area contributed by atoms with Gasteiger partial charge in [0.1, 0.15) is 0 Å². The van der Waals surface area contributed by atoms with Gasteiger partial charge in [-0.25, -0.2) is 0 Å². The molecule has 1 aromatic carbocycles. The van der Waals surface area contributed by atoms with Crippen molar-refractivity contribution in [3.63, 3.8) is 0 Å². The molecule has 2 heteroatoms. The van der Waals surface area contributed by atoms with Gasteiger partial charge < -0.3 is 5.73 Å². The van der Waals surface area contributed by atoms with Crippen LogP contribution in [0.2, 0.25) is 0 Å². The highest BCUT2D eigenvalue weighted by Crippen LogP contribution is 2.27. The van der Waals surface area contributed by atoms with Crippen LogP contribution in [0.3, 0.4) is 0 Å². The smallest absolute Gasteiger partial charge is 0.0430 e. The summed E-state index contributed by atoms with van der Waals surface area (Å²) in [7, 11) is 0. The van der Waals surface area contributed by atoms with Crippen molar-refractivity contribution in [1.82, 2.24) is 0 Å². The first-order valence-electron chi connectivity index (χ1n) is 6.88. The van der Waals surface area contributed by atoms with Gasteiger partial charge in [-0.2, -0.15) is 0 Å². The molecule has 0 radical (unpaired) electrons. The summed E-state index contributed by atoms with van der Waals surface area (Å²) in [5.41, 5.74) is 10.4. The molecular weight excluding hydrogens is 250 g/mol. The highest BCUT2D eigenvalue weighted by Gasteiger charge is 2.11. The Morgan fingerprint density at radius 2 is 1.74 bits per heavy atom. The Morgan fingerprint density at radius 1 is 1.11 bits per heavy atom. The Morgan fingerprint density at radius 3 is 2.21 bits per heavy atom. The van der Waals surface area contributed by atoms with Crippen LogP contribution in [-0.2, 0) is 6.42 Å². The second kappa shape index (κ2) is 5.89. The molecule has 1 nitrogen and oxygen atoms in total. The Labute approximate surface area is 120 Å². The molecule has 19 heavy (non-hydrogen) atoms. The predicted molar refractivity (Wildman–Crippen MR) is 85.0 cm³/mol. The standard InChI is InChI=1S/C17H23NS/c1-11(2)15-7-5-14(6-8-15)10-16(18)17-9-12(3)13(4)19-17/h5-9,11,16H,10,18H2,1-4H3. The lowest BCUT2D eigenvalue weighted by Gasteiger charge is -2.11. The average molecular weight is 273 g/mol. The fourth-order valence-electron chi connectivity index (χ4n) is 2.18. The van der Waals surface area contributed by atoms with Gasteiger partial charge in [0.05, 0.1) is 0 Å². The van der Waals surface area contributed by atoms with Crippen molar-refractivity contribution >= 4 is 11.3 Å². The molecule has 0 saturated carbocycles. The molecule has 1 unspecified atom stereocenters. The van der Waals surface area contributed by atoms with Crippen LogP contribution >= 0.6 is 11.3 Å². The van der Waals surface area contributed by atoms with Gasteiger partial charge >= 0.3 is 0 Å². The second-order valence-electron chi connectivity index (χ2n) is 5.59. The van der Waals surface area contributed by atoms with Crippen LogP contribution in [0, 0.1) is 13.8 Å². The van der Waals surface area contributed by atoms with E-state index in [-0.39, 0.29) is 6.04 Å². The number of hydrogen-bond acceptors (Lipinski definition) is 2. The molecule has 0 bridgehead atoms. The highest BCUT2D eigenvalue weighted by molar-refractivity contribution is 7.12. The molecule has 0 aliphatic heterocycles. The van der Waals surface area contributed by atoms with E-state index in [4.69, 9.17) is 5.73 Å². The summed E-state index contributed by atoms with van der Waals surface area (Å²) in [4.78, 5) is 2.67. The van der Waals surface area contributed by atoms with Crippen molar-refractivity contribution in [2.45, 2.75) is 46.1 Å². The lowest BCUT2D eigenvalue weighted by Crippen LogP contribution is -2.11. The SMILES string of the molecule is Cc1cc(C(N)Cc2ccc(C(C)C)cc2)sc1C. The number of aryl methyl sites for hydroxylation is 2. The third-order valence-electron chi connectivity index (χ3n) is 3.65. The van der Waals surface area contributed by atoms with E-state index >= 15 is 0 Å². The van der Waals surface area contributed by atoms with E-state index in [2.05, 4.69) is 58.0 Å². The van der Waals surface area contributed by atoms with Crippen molar-refractivity contribution in [1.29, 1.82) is 0 Å². The third kappa shape index (κ3) is 3.46. The number of thiophene rings is 1. The van der Waals surface area contributed by atoms with Crippen LogP contribution < -0.4 is 5.73 Å². The molecule has 0 spiro atoms. The number of nitrogens with two attached hydrogens (primary N) is 1. The molecular formula is C17H23NS. The van der Waals surface area contributed by atoms with Gasteiger partial charge in [0, 0.05) is 15.8 Å². The van der Waals surface area contributed by atoms with Crippen molar-refractivity contribution in [2.24, 2.45) is 5.73 Å². The van der Waals surface area contributed by atoms with Gasteiger partial charge in [-0.1, -0.05) is 38.1 Å². The minimum Gasteiger partial charge on any atom is -0.323 e. The van der Waals surface area contributed by atoms with Crippen molar-refractivity contribution in [3.8, 4) is 0 Å². The summed E-state index contributed by atoms with van der Waals surface area (Å²) in [5, 5.41) is 0. The van der Waals surface area contributed by atoms with Gasteiger partial charge in [-0.05, 0) is 48.9 Å². The minimum absolute atomic E-state index is 0.113. The fourth-order valence-corrected chi connectivity index (χ4v) is 3.22. The van der Waals surface area contributed by atoms with E-state index in [1.807, 2.05) is 11.3 Å². The summed E-state index contributed by atoms with van der Waals surface area (Å²) in [6.07, 6.45) is 0.914. The molecule has 2 aromatic rings. The van der Waals surface area contributed by atoms with Crippen molar-refractivity contribution in [2.75, 3.05) is 0 Å². The van der Waals surface area contributed by atoms with Gasteiger partial charge in [0.15, 0.2) is 0 Å². The van der Waals surface area contributed by atoms with E-state index < -0.39 is 0 Å². The van der Waals surface area contributed by atoms with E-state index in [1.54, 1.807) is 0 Å². The maximum atomic E-state index is 6.32. The van der Waals surface area contributed by atoms with Gasteiger partial charge in [0.2, 0.25) is 0 Å². The monoisotopic (exact) mass is 273 g/mol. The number of hydrogen-bond donors (Lipinski definition) is 1. The molecule has 0 aliphatic carbocycles. The summed E-state index contributed by atoms with van der Waals surface area (Å²) < 4.78 is 0. The summed E-state index contributed by atoms with van der Waals surface area (Å²) in [5.74, 6) is 0.588. The van der Waals surface area contributed by atoms with E-state index in [0.717, 1.165) is 6.42 Å². The lowest BCUT2D eigenvalue weighted by molar-refractivity contribution is 0.735. The molecule has 0 fully saturated rings. The summed E-state index contributed by atoms with van der Waals surface area (Å²) in [6, 6.07) is 11.2. The van der Waals surface area contributed by atoms with Crippen LogP contribution in [-0.4, -0.2) is 0 Å². The van der Waals surface area contributed by atoms with Crippen LogP contribution in [0.4, 0.5) is 0 Å². The van der Waals surface area contributed by atoms with Crippen LogP contribution in [0.1, 0.15) is 52.3 Å². The Kier molecular flexibility index (Phi) is 4.43. The number of benzene rings is 1. The maximum Gasteiger partial charge on any atom is 0.0430 e. The van der Waals surface area contributed by atoms with Crippen molar-refractivity contribution < 1.29 is 0 Å². The molecule has 102 valence electrons. The topological polar surface area (TPSA) is 26.0 Å². The summed E-state index contributed by atoms with van der Waals surface area (Å²) >= 11 is 1.82. The minimum atomic E-state index is 0.113. The summed E-state index contributed by atoms with van der Waals surface area (Å²) in [6.45, 7) is 8.75. The first kappa shape index (κ1) is 14.3. The van der Waals surface area contributed by atoms with E-state index in [1.165, 1.54) is 26.4 Å². The predicted octanol–water partition coefficient (Wildman–Crippen LogP) is 4.73. The zero-order valence-corrected chi connectivity index (χ0v) is 13.1. The van der Waals surface area contributed by atoms with Crippen molar-refractivity contribution in [3.05, 3.63) is 56.8 Å². The highest BCUT2D eigenvalue weighted by atomic mass is 32.1. The number of rotatable bonds is 4. The molecule has 1 aromatic heterocycles. The van der Waals surface area contributed by atoms with Gasteiger partial charge in [0.25, 0.3) is 0 Å². The first-order chi connectivity index (χ1) is 8.97. The molecule has 0 aliphatic rings. The van der Waals surface area contributed by atoms with E-state index in [9.17, 15) is 0 Å². The van der Waals surface area contributed by atoms with Gasteiger partial charge in [-0.15, -0.1) is 11.3 Å². The largest absolute Gasteiger partial charge is 0.323 e. The zero-order valence-electron chi connectivity index (χ0n) is 12.2. The average Bonchev–Trinajstić information content (AvgIpc) is 2.70. The normalized spacial score (nSPS) is 12.9. The Bertz CT molecular complexity index is 517. The Balaban J connectivity index is 2.08. The molecule has 2 rings (SSSR count). The maximum absolute atomic E-state index is 6.32. The molecule has 1 atom stereocenters. The quantitative estimate of drug-likeness (QED) is 0.856. The fraction of sp³-hybridized carbons (Fsp3) is 0.412. The molecule has 0 amide bonds. The molecule has 0 saturated heterocycles.